The number of benzene rings is 1. The summed E-state index contributed by atoms with van der Waals surface area (Å²) in [4.78, 5) is 39.7. The molecule has 3 aromatic heterocycles. The van der Waals surface area contributed by atoms with E-state index < -0.39 is 5.60 Å². The Balaban J connectivity index is 1.39. The van der Waals surface area contributed by atoms with Crippen molar-refractivity contribution in [1.29, 1.82) is 0 Å². The minimum absolute atomic E-state index is 0.0206. The van der Waals surface area contributed by atoms with Crippen LogP contribution in [0.4, 0.5) is 5.69 Å². The van der Waals surface area contributed by atoms with Crippen LogP contribution in [0.1, 0.15) is 49.5 Å². The highest BCUT2D eigenvalue weighted by molar-refractivity contribution is 5.87. The number of rotatable bonds is 6. The Kier molecular flexibility index (Phi) is 6.60. The predicted octanol–water partition coefficient (Wildman–Crippen LogP) is 3.39. The number of ether oxygens (including phenoxy) is 1. The first-order valence-electron chi connectivity index (χ1n) is 12.9. The van der Waals surface area contributed by atoms with E-state index in [0.29, 0.717) is 24.4 Å². The van der Waals surface area contributed by atoms with E-state index in [1.54, 1.807) is 21.5 Å². The highest BCUT2D eigenvalue weighted by atomic mass is 16.6. The molecule has 0 bridgehead atoms. The molecule has 4 aromatic rings. The number of aromatic nitrogens is 5. The number of hydrogen-bond acceptors (Lipinski definition) is 7. The van der Waals surface area contributed by atoms with E-state index in [1.807, 2.05) is 87.8 Å². The second kappa shape index (κ2) is 9.75. The third-order valence-electron chi connectivity index (χ3n) is 6.93. The van der Waals surface area contributed by atoms with Gasteiger partial charge >= 0.3 is 11.7 Å². The van der Waals surface area contributed by atoms with E-state index in [9.17, 15) is 9.59 Å². The minimum Gasteiger partial charge on any atom is -0.455 e. The summed E-state index contributed by atoms with van der Waals surface area (Å²) in [6.45, 7) is 7.60. The largest absolute Gasteiger partial charge is 0.455 e. The van der Waals surface area contributed by atoms with Crippen molar-refractivity contribution in [2.24, 2.45) is 7.05 Å². The van der Waals surface area contributed by atoms with Crippen molar-refractivity contribution in [3.05, 3.63) is 70.8 Å². The van der Waals surface area contributed by atoms with Gasteiger partial charge in [0.05, 0.1) is 30.0 Å². The molecule has 0 saturated carbocycles. The fraction of sp³-hybridized carbons (Fsp3) is 0.429. The fourth-order valence-electron chi connectivity index (χ4n) is 5.01. The van der Waals surface area contributed by atoms with Gasteiger partial charge in [-0.25, -0.2) is 19.6 Å². The van der Waals surface area contributed by atoms with E-state index >= 15 is 0 Å². The summed E-state index contributed by atoms with van der Waals surface area (Å²) in [6, 6.07) is 11.7. The molecular formula is C28H35N7O3. The van der Waals surface area contributed by atoms with Crippen LogP contribution >= 0.6 is 0 Å². The Bertz CT molecular complexity index is 1520. The average Bonchev–Trinajstić information content (AvgIpc) is 3.54. The lowest BCUT2D eigenvalue weighted by atomic mass is 10.2. The Morgan fingerprint density at radius 1 is 1.13 bits per heavy atom. The monoisotopic (exact) mass is 517 g/mol. The molecule has 0 radical (unpaired) electrons. The van der Waals surface area contributed by atoms with Gasteiger partial charge in [0.1, 0.15) is 17.1 Å². The molecule has 4 heterocycles. The van der Waals surface area contributed by atoms with Gasteiger partial charge in [0, 0.05) is 46.1 Å². The Hall–Kier alpha value is -3.92. The van der Waals surface area contributed by atoms with Crippen molar-refractivity contribution in [1.82, 2.24) is 28.6 Å². The van der Waals surface area contributed by atoms with Crippen molar-refractivity contribution in [3.63, 3.8) is 0 Å². The molecule has 0 N–H and O–H groups in total. The van der Waals surface area contributed by atoms with Crippen molar-refractivity contribution >= 4 is 22.8 Å². The molecule has 1 aliphatic heterocycles. The lowest BCUT2D eigenvalue weighted by molar-refractivity contribution is 0.00584. The zero-order chi connectivity index (χ0) is 27.2. The molecule has 10 nitrogen and oxygen atoms in total. The molecular weight excluding hydrogens is 482 g/mol. The molecule has 1 saturated heterocycles. The molecule has 1 fully saturated rings. The van der Waals surface area contributed by atoms with Crippen molar-refractivity contribution in [2.75, 3.05) is 32.1 Å². The molecule has 5 rings (SSSR count). The Morgan fingerprint density at radius 3 is 2.55 bits per heavy atom. The molecule has 1 aliphatic rings. The van der Waals surface area contributed by atoms with Crippen LogP contribution in [0.2, 0.25) is 0 Å². The van der Waals surface area contributed by atoms with Crippen LogP contribution in [0.15, 0.2) is 53.6 Å². The molecule has 0 unspecified atom stereocenters. The number of imidazole rings is 2. The number of anilines is 1. The normalized spacial score (nSPS) is 16.3. The van der Waals surface area contributed by atoms with Crippen LogP contribution in [-0.4, -0.2) is 67.3 Å². The van der Waals surface area contributed by atoms with Crippen LogP contribution in [-0.2, 0) is 18.3 Å². The van der Waals surface area contributed by atoms with Crippen LogP contribution in [0.25, 0.3) is 16.9 Å². The van der Waals surface area contributed by atoms with E-state index in [4.69, 9.17) is 4.74 Å². The summed E-state index contributed by atoms with van der Waals surface area (Å²) in [7, 11) is 5.82. The first-order chi connectivity index (χ1) is 18.0. The number of hydrogen-bond donors (Lipinski definition) is 0. The molecule has 0 aliphatic carbocycles. The summed E-state index contributed by atoms with van der Waals surface area (Å²) in [6.07, 6.45) is 4.12. The molecule has 1 atom stereocenters. The summed E-state index contributed by atoms with van der Waals surface area (Å²) in [5.74, 6) is 0.391. The molecule has 0 spiro atoms. The summed E-state index contributed by atoms with van der Waals surface area (Å²) >= 11 is 0. The fourth-order valence-corrected chi connectivity index (χ4v) is 5.01. The zero-order valence-electron chi connectivity index (χ0n) is 22.9. The van der Waals surface area contributed by atoms with Crippen molar-refractivity contribution < 1.29 is 9.53 Å². The number of pyridine rings is 1. The van der Waals surface area contributed by atoms with Gasteiger partial charge in [0.2, 0.25) is 0 Å². The van der Waals surface area contributed by atoms with E-state index in [2.05, 4.69) is 14.9 Å². The van der Waals surface area contributed by atoms with Crippen LogP contribution in [0, 0.1) is 0 Å². The van der Waals surface area contributed by atoms with Gasteiger partial charge in [-0.1, -0.05) is 0 Å². The number of nitrogens with zero attached hydrogens (tertiary/aromatic N) is 7. The van der Waals surface area contributed by atoms with Crippen LogP contribution < -0.4 is 10.6 Å². The second-order valence-corrected chi connectivity index (χ2v) is 11.0. The van der Waals surface area contributed by atoms with Gasteiger partial charge in [-0.3, -0.25) is 14.0 Å². The first-order valence-corrected chi connectivity index (χ1v) is 12.9. The van der Waals surface area contributed by atoms with E-state index in [-0.39, 0.29) is 17.7 Å². The molecule has 0 amide bonds. The summed E-state index contributed by atoms with van der Waals surface area (Å²) in [5, 5.41) is 0. The number of carbonyl (C=O) groups is 1. The molecule has 200 valence electrons. The highest BCUT2D eigenvalue weighted by Gasteiger charge is 2.30. The van der Waals surface area contributed by atoms with Gasteiger partial charge in [-0.2, -0.15) is 0 Å². The summed E-state index contributed by atoms with van der Waals surface area (Å²) < 4.78 is 10.9. The molecule has 10 heteroatoms. The molecule has 38 heavy (non-hydrogen) atoms. The SMILES string of the molecule is CN(C)c1ccc(-n2c(=O)n([C@H]3CCN(Cc4ncc(C(=O)OC(C)(C)C)n4C)C3)c3ncccc32)cc1. The second-order valence-electron chi connectivity index (χ2n) is 11.0. The number of esters is 1. The Morgan fingerprint density at radius 2 is 1.87 bits per heavy atom. The maximum atomic E-state index is 13.8. The highest BCUT2D eigenvalue weighted by Crippen LogP contribution is 2.27. The van der Waals surface area contributed by atoms with E-state index in [1.165, 1.54) is 0 Å². The van der Waals surface area contributed by atoms with Crippen LogP contribution in [0.3, 0.4) is 0 Å². The maximum absolute atomic E-state index is 13.8. The lowest BCUT2D eigenvalue weighted by Crippen LogP contribution is -2.29. The number of carbonyl (C=O) groups excluding carboxylic acids is 1. The zero-order valence-corrected chi connectivity index (χ0v) is 22.9. The van der Waals surface area contributed by atoms with Gasteiger partial charge in [0.15, 0.2) is 5.65 Å². The Labute approximate surface area is 222 Å². The lowest BCUT2D eigenvalue weighted by Gasteiger charge is -2.20. The van der Waals surface area contributed by atoms with E-state index in [0.717, 1.165) is 35.7 Å². The average molecular weight is 518 g/mol. The summed E-state index contributed by atoms with van der Waals surface area (Å²) in [5.41, 5.74) is 3.12. The number of likely N-dealkylation sites (tertiary alicyclic amines) is 1. The third-order valence-corrected chi connectivity index (χ3v) is 6.93. The number of fused-ring (bicyclic) bond motifs is 1. The van der Waals surface area contributed by atoms with Crippen molar-refractivity contribution in [3.8, 4) is 5.69 Å². The standard InChI is InChI=1S/C28H35N7O3/c1-28(2,3)38-26(36)23-16-30-24(32(23)6)18-33-15-13-21(17-33)35-25-22(8-7-14-29-25)34(27(35)37)20-11-9-19(10-12-20)31(4)5/h7-12,14,16,21H,13,15,17-18H2,1-6H3/t21-/m0/s1. The third kappa shape index (κ3) is 4.83. The maximum Gasteiger partial charge on any atom is 0.357 e. The van der Waals surface area contributed by atoms with Gasteiger partial charge < -0.3 is 14.2 Å². The van der Waals surface area contributed by atoms with Crippen LogP contribution in [0.5, 0.6) is 0 Å². The van der Waals surface area contributed by atoms with Gasteiger partial charge in [0.25, 0.3) is 0 Å². The van der Waals surface area contributed by atoms with Crippen molar-refractivity contribution in [2.45, 2.75) is 45.4 Å². The van der Waals surface area contributed by atoms with Gasteiger partial charge in [-0.15, -0.1) is 0 Å². The smallest absolute Gasteiger partial charge is 0.357 e. The molecule has 1 aromatic carbocycles. The minimum atomic E-state index is -0.571. The predicted molar refractivity (Wildman–Crippen MR) is 147 cm³/mol. The quantitative estimate of drug-likeness (QED) is 0.362. The topological polar surface area (TPSA) is 90.4 Å². The van der Waals surface area contributed by atoms with Gasteiger partial charge in [-0.05, 0) is 63.6 Å². The first kappa shape index (κ1) is 25.7.